The Balaban J connectivity index is 1.97. The van der Waals surface area contributed by atoms with Crippen LogP contribution in [0.25, 0.3) is 0 Å². The van der Waals surface area contributed by atoms with Crippen LogP contribution in [-0.4, -0.2) is 5.97 Å². The van der Waals surface area contributed by atoms with Gasteiger partial charge in [0.05, 0.1) is 11.4 Å². The second-order valence-corrected chi connectivity index (χ2v) is 5.70. The zero-order valence-electron chi connectivity index (χ0n) is 14.1. The molecule has 4 heteroatoms. The minimum absolute atomic E-state index is 0.452. The summed E-state index contributed by atoms with van der Waals surface area (Å²) >= 11 is 0. The molecule has 0 aliphatic carbocycles. The van der Waals surface area contributed by atoms with Gasteiger partial charge in [-0.2, -0.15) is 10.2 Å². The fourth-order valence-corrected chi connectivity index (χ4v) is 2.10. The Labute approximate surface area is 142 Å². The molecule has 0 N–H and O–H groups in total. The van der Waals surface area contributed by atoms with Crippen molar-refractivity contribution in [1.82, 2.24) is 0 Å². The first-order chi connectivity index (χ1) is 11.6. The summed E-state index contributed by atoms with van der Waals surface area (Å²) in [5.74, 6) is 0.654. The molecule has 0 aliphatic rings. The third-order valence-electron chi connectivity index (χ3n) is 3.72. The van der Waals surface area contributed by atoms with Gasteiger partial charge in [0.25, 0.3) is 0 Å². The van der Waals surface area contributed by atoms with Crippen LogP contribution < -0.4 is 4.74 Å². The number of carbonyl (C=O) groups is 1. The van der Waals surface area contributed by atoms with Crippen molar-refractivity contribution in [3.63, 3.8) is 0 Å². The Morgan fingerprint density at radius 2 is 1.62 bits per heavy atom. The lowest BCUT2D eigenvalue weighted by molar-refractivity contribution is -0.128. The van der Waals surface area contributed by atoms with E-state index in [1.54, 1.807) is 24.3 Å². The van der Waals surface area contributed by atoms with Gasteiger partial charge in [0, 0.05) is 6.08 Å². The molecule has 0 amide bonds. The van der Waals surface area contributed by atoms with Gasteiger partial charge in [0.15, 0.2) is 0 Å². The van der Waals surface area contributed by atoms with E-state index < -0.39 is 5.97 Å². The first kappa shape index (κ1) is 17.6. The maximum absolute atomic E-state index is 11.1. The van der Waals surface area contributed by atoms with Crippen molar-refractivity contribution in [2.75, 3.05) is 0 Å². The van der Waals surface area contributed by atoms with Crippen molar-refractivity contribution in [2.45, 2.75) is 26.7 Å². The molecule has 4 nitrogen and oxygen atoms in total. The smallest absolute Gasteiger partial charge is 0.335 e. The van der Waals surface area contributed by atoms with Crippen LogP contribution in [0.5, 0.6) is 5.75 Å². The van der Waals surface area contributed by atoms with Crippen LogP contribution in [-0.2, 0) is 11.2 Å². The fraction of sp³-hybridized carbons (Fsp3) is 0.250. The topological polar surface area (TPSA) is 51.0 Å². The van der Waals surface area contributed by atoms with Gasteiger partial charge in [-0.1, -0.05) is 39.0 Å². The summed E-state index contributed by atoms with van der Waals surface area (Å²) in [7, 11) is 0. The van der Waals surface area contributed by atoms with Gasteiger partial charge in [-0.3, -0.25) is 0 Å². The van der Waals surface area contributed by atoms with Crippen molar-refractivity contribution < 1.29 is 9.53 Å². The van der Waals surface area contributed by atoms with E-state index in [0.717, 1.165) is 18.2 Å². The molecule has 2 aromatic rings. The summed E-state index contributed by atoms with van der Waals surface area (Å²) in [5.41, 5.74) is 2.82. The third kappa shape index (κ3) is 5.47. The number of hydrogen-bond acceptors (Lipinski definition) is 4. The lowest BCUT2D eigenvalue weighted by Gasteiger charge is -2.07. The van der Waals surface area contributed by atoms with Crippen LogP contribution in [0.3, 0.4) is 0 Å². The van der Waals surface area contributed by atoms with Crippen molar-refractivity contribution in [3.05, 3.63) is 66.7 Å². The van der Waals surface area contributed by atoms with Crippen LogP contribution in [0.15, 0.2) is 71.4 Å². The fourth-order valence-electron chi connectivity index (χ4n) is 2.10. The van der Waals surface area contributed by atoms with Crippen molar-refractivity contribution in [1.29, 1.82) is 0 Å². The standard InChI is InChI=1S/C20H22N2O2/c1-4-15(3)14-16-6-8-17(9-7-16)21-22-18-10-12-19(13-11-18)24-20(23)5-2/h5-13,15H,2,4,14H2,1,3H3. The van der Waals surface area contributed by atoms with Crippen LogP contribution in [0.4, 0.5) is 11.4 Å². The number of azo groups is 1. The molecule has 124 valence electrons. The second kappa shape index (κ2) is 8.77. The van der Waals surface area contributed by atoms with Gasteiger partial charge in [0.1, 0.15) is 5.75 Å². The number of ether oxygens (including phenoxy) is 1. The van der Waals surface area contributed by atoms with E-state index in [-0.39, 0.29) is 0 Å². The molecule has 24 heavy (non-hydrogen) atoms. The van der Waals surface area contributed by atoms with E-state index in [2.05, 4.69) is 42.8 Å². The van der Waals surface area contributed by atoms with E-state index in [0.29, 0.717) is 17.4 Å². The molecular weight excluding hydrogens is 300 g/mol. The molecule has 2 rings (SSSR count). The van der Waals surface area contributed by atoms with Gasteiger partial charge in [-0.05, 0) is 54.3 Å². The Hall–Kier alpha value is -2.75. The summed E-state index contributed by atoms with van der Waals surface area (Å²) < 4.78 is 5.01. The highest BCUT2D eigenvalue weighted by molar-refractivity contribution is 5.83. The molecule has 1 atom stereocenters. The van der Waals surface area contributed by atoms with E-state index in [9.17, 15) is 4.79 Å². The largest absolute Gasteiger partial charge is 0.423 e. The van der Waals surface area contributed by atoms with Crippen LogP contribution >= 0.6 is 0 Å². The van der Waals surface area contributed by atoms with Crippen molar-refractivity contribution in [2.24, 2.45) is 16.1 Å². The Morgan fingerprint density at radius 1 is 1.08 bits per heavy atom. The summed E-state index contributed by atoms with van der Waals surface area (Å²) in [6.07, 6.45) is 3.39. The van der Waals surface area contributed by atoms with Crippen LogP contribution in [0, 0.1) is 5.92 Å². The molecule has 0 fully saturated rings. The molecule has 0 aromatic heterocycles. The predicted molar refractivity (Wildman–Crippen MR) is 96.1 cm³/mol. The zero-order valence-corrected chi connectivity index (χ0v) is 14.1. The average Bonchev–Trinajstić information content (AvgIpc) is 2.62. The number of hydrogen-bond donors (Lipinski definition) is 0. The average molecular weight is 322 g/mol. The van der Waals surface area contributed by atoms with Gasteiger partial charge in [-0.25, -0.2) is 4.79 Å². The molecule has 0 aliphatic heterocycles. The van der Waals surface area contributed by atoms with Gasteiger partial charge >= 0.3 is 5.97 Å². The van der Waals surface area contributed by atoms with E-state index in [1.165, 1.54) is 12.0 Å². The SMILES string of the molecule is C=CC(=O)Oc1ccc(N=Nc2ccc(CC(C)CC)cc2)cc1. The summed E-state index contributed by atoms with van der Waals surface area (Å²) in [5, 5.41) is 8.41. The maximum atomic E-state index is 11.1. The quantitative estimate of drug-likeness (QED) is 0.281. The van der Waals surface area contributed by atoms with E-state index >= 15 is 0 Å². The lowest BCUT2D eigenvalue weighted by atomic mass is 9.99. The molecule has 0 spiro atoms. The lowest BCUT2D eigenvalue weighted by Crippen LogP contribution is -2.02. The number of carbonyl (C=O) groups excluding carboxylic acids is 1. The van der Waals surface area contributed by atoms with E-state index in [1.807, 2.05) is 12.1 Å². The number of nitrogens with zero attached hydrogens (tertiary/aromatic N) is 2. The Kier molecular flexibility index (Phi) is 6.43. The maximum Gasteiger partial charge on any atom is 0.335 e. The number of benzene rings is 2. The minimum atomic E-state index is -0.484. The molecule has 1 unspecified atom stereocenters. The number of rotatable bonds is 7. The van der Waals surface area contributed by atoms with Crippen molar-refractivity contribution in [3.8, 4) is 5.75 Å². The first-order valence-electron chi connectivity index (χ1n) is 8.05. The predicted octanol–water partition coefficient (Wildman–Crippen LogP) is 5.78. The van der Waals surface area contributed by atoms with Crippen molar-refractivity contribution >= 4 is 17.3 Å². The Bertz CT molecular complexity index is 703. The Morgan fingerprint density at radius 3 is 2.12 bits per heavy atom. The highest BCUT2D eigenvalue weighted by atomic mass is 16.5. The summed E-state index contributed by atoms with van der Waals surface area (Å²) in [4.78, 5) is 11.1. The number of esters is 1. The summed E-state index contributed by atoms with van der Waals surface area (Å²) in [6, 6.07) is 15.0. The van der Waals surface area contributed by atoms with E-state index in [4.69, 9.17) is 4.74 Å². The third-order valence-corrected chi connectivity index (χ3v) is 3.72. The molecule has 0 saturated carbocycles. The molecule has 0 heterocycles. The molecule has 0 bridgehead atoms. The molecule has 2 aromatic carbocycles. The van der Waals surface area contributed by atoms with Gasteiger partial charge in [0.2, 0.25) is 0 Å². The molecular formula is C20H22N2O2. The van der Waals surface area contributed by atoms with Gasteiger partial charge < -0.3 is 4.74 Å². The molecule has 0 radical (unpaired) electrons. The zero-order chi connectivity index (χ0) is 17.4. The van der Waals surface area contributed by atoms with Crippen LogP contribution in [0.1, 0.15) is 25.8 Å². The first-order valence-corrected chi connectivity index (χ1v) is 8.05. The van der Waals surface area contributed by atoms with Crippen LogP contribution in [0.2, 0.25) is 0 Å². The van der Waals surface area contributed by atoms with Gasteiger partial charge in [-0.15, -0.1) is 0 Å². The second-order valence-electron chi connectivity index (χ2n) is 5.70. The minimum Gasteiger partial charge on any atom is -0.423 e. The molecule has 0 saturated heterocycles. The highest BCUT2D eigenvalue weighted by Crippen LogP contribution is 2.22. The highest BCUT2D eigenvalue weighted by Gasteiger charge is 2.01. The monoisotopic (exact) mass is 322 g/mol. The summed E-state index contributed by atoms with van der Waals surface area (Å²) in [6.45, 7) is 7.81. The normalized spacial score (nSPS) is 12.1.